The number of aromatic nitrogens is 5. The maximum atomic E-state index is 5.55. The van der Waals surface area contributed by atoms with E-state index >= 15 is 0 Å². The van der Waals surface area contributed by atoms with Gasteiger partial charge in [-0.1, -0.05) is 5.16 Å². The van der Waals surface area contributed by atoms with Crippen LogP contribution in [-0.4, -0.2) is 31.3 Å². The number of hydrogen-bond donors (Lipinski definition) is 1. The zero-order valence-electron chi connectivity index (χ0n) is 13.6. The molecule has 120 valence electrons. The van der Waals surface area contributed by atoms with Crippen LogP contribution in [0, 0.1) is 13.8 Å². The van der Waals surface area contributed by atoms with Gasteiger partial charge in [-0.05, 0) is 52.6 Å². The Labute approximate surface area is 134 Å². The van der Waals surface area contributed by atoms with Crippen LogP contribution in [0.4, 0.5) is 0 Å². The Morgan fingerprint density at radius 3 is 2.91 bits per heavy atom. The van der Waals surface area contributed by atoms with Crippen LogP contribution in [0.3, 0.4) is 0 Å². The number of nitrogens with one attached hydrogen (secondary N) is 1. The van der Waals surface area contributed by atoms with Gasteiger partial charge in [0.25, 0.3) is 0 Å². The molecular weight excluding hydrogens is 292 g/mol. The van der Waals surface area contributed by atoms with Crippen LogP contribution in [0.25, 0.3) is 17.0 Å². The lowest BCUT2D eigenvalue weighted by Gasteiger charge is -2.31. The Kier molecular flexibility index (Phi) is 3.19. The van der Waals surface area contributed by atoms with Gasteiger partial charge in [0, 0.05) is 11.4 Å². The fraction of sp³-hybridized carbons (Fsp3) is 0.500. The van der Waals surface area contributed by atoms with E-state index < -0.39 is 0 Å². The standard InChI is InChI=1S/C16H20N6O/c1-10-8-11(2)22-14(19-10)12(9-18-22)13-20-15(23-21-13)16(3)6-4-5-7-17-16/h8-9,17H,4-7H2,1-3H3. The fourth-order valence-corrected chi connectivity index (χ4v) is 3.22. The second-order valence-corrected chi connectivity index (χ2v) is 6.47. The van der Waals surface area contributed by atoms with E-state index in [9.17, 15) is 0 Å². The number of piperidine rings is 1. The maximum absolute atomic E-state index is 5.55. The number of hydrogen-bond acceptors (Lipinski definition) is 6. The van der Waals surface area contributed by atoms with Gasteiger partial charge >= 0.3 is 0 Å². The van der Waals surface area contributed by atoms with Crippen molar-refractivity contribution in [2.24, 2.45) is 0 Å². The van der Waals surface area contributed by atoms with Crippen LogP contribution in [0.15, 0.2) is 16.8 Å². The average molecular weight is 312 g/mol. The summed E-state index contributed by atoms with van der Waals surface area (Å²) in [7, 11) is 0. The van der Waals surface area contributed by atoms with Crippen LogP contribution in [0.1, 0.15) is 43.5 Å². The van der Waals surface area contributed by atoms with Crippen molar-refractivity contribution in [3.63, 3.8) is 0 Å². The minimum Gasteiger partial charge on any atom is -0.337 e. The second kappa shape index (κ2) is 5.13. The Bertz CT molecular complexity index is 859. The molecule has 0 aliphatic carbocycles. The third kappa shape index (κ3) is 2.31. The summed E-state index contributed by atoms with van der Waals surface area (Å²) in [6.45, 7) is 7.07. The molecule has 4 heterocycles. The Morgan fingerprint density at radius 2 is 2.13 bits per heavy atom. The molecule has 4 rings (SSSR count). The summed E-state index contributed by atoms with van der Waals surface area (Å²) >= 11 is 0. The quantitative estimate of drug-likeness (QED) is 0.782. The Balaban J connectivity index is 1.77. The SMILES string of the molecule is Cc1cc(C)n2ncc(-c3noc(C4(C)CCCCN4)n3)c2n1. The molecule has 7 heteroatoms. The van der Waals surface area contributed by atoms with Crippen molar-refractivity contribution in [1.29, 1.82) is 0 Å². The van der Waals surface area contributed by atoms with Gasteiger partial charge in [-0.2, -0.15) is 10.1 Å². The number of fused-ring (bicyclic) bond motifs is 1. The van der Waals surface area contributed by atoms with E-state index in [0.29, 0.717) is 11.7 Å². The van der Waals surface area contributed by atoms with Crippen molar-refractivity contribution >= 4 is 5.65 Å². The molecule has 0 saturated carbocycles. The first-order chi connectivity index (χ1) is 11.1. The molecule has 23 heavy (non-hydrogen) atoms. The monoisotopic (exact) mass is 312 g/mol. The highest BCUT2D eigenvalue weighted by Gasteiger charge is 2.34. The topological polar surface area (TPSA) is 81.1 Å². The summed E-state index contributed by atoms with van der Waals surface area (Å²) in [6, 6.07) is 2.00. The zero-order valence-corrected chi connectivity index (χ0v) is 13.6. The number of aryl methyl sites for hydroxylation is 2. The summed E-state index contributed by atoms with van der Waals surface area (Å²) in [6.07, 6.45) is 5.10. The van der Waals surface area contributed by atoms with Crippen LogP contribution in [-0.2, 0) is 5.54 Å². The first-order valence-corrected chi connectivity index (χ1v) is 7.98. The summed E-state index contributed by atoms with van der Waals surface area (Å²) in [5.74, 6) is 1.18. The molecule has 0 aromatic carbocycles. The van der Waals surface area contributed by atoms with E-state index in [2.05, 4.69) is 32.5 Å². The number of rotatable bonds is 2. The normalized spacial score (nSPS) is 21.9. The lowest BCUT2D eigenvalue weighted by molar-refractivity contribution is 0.207. The molecule has 0 bridgehead atoms. The van der Waals surface area contributed by atoms with E-state index in [-0.39, 0.29) is 5.54 Å². The van der Waals surface area contributed by atoms with Gasteiger partial charge in [-0.15, -0.1) is 0 Å². The molecule has 1 aliphatic heterocycles. The van der Waals surface area contributed by atoms with Crippen LogP contribution in [0.2, 0.25) is 0 Å². The lowest BCUT2D eigenvalue weighted by Crippen LogP contribution is -2.43. The highest BCUT2D eigenvalue weighted by molar-refractivity contribution is 5.72. The molecule has 1 unspecified atom stereocenters. The molecule has 1 fully saturated rings. The first-order valence-electron chi connectivity index (χ1n) is 7.98. The van der Waals surface area contributed by atoms with E-state index in [1.807, 2.05) is 19.9 Å². The molecule has 0 radical (unpaired) electrons. The smallest absolute Gasteiger partial charge is 0.246 e. The van der Waals surface area contributed by atoms with Crippen LogP contribution >= 0.6 is 0 Å². The van der Waals surface area contributed by atoms with E-state index in [1.54, 1.807) is 10.7 Å². The molecule has 1 N–H and O–H groups in total. The largest absolute Gasteiger partial charge is 0.337 e. The Morgan fingerprint density at radius 1 is 1.26 bits per heavy atom. The second-order valence-electron chi connectivity index (χ2n) is 6.47. The summed E-state index contributed by atoms with van der Waals surface area (Å²) in [4.78, 5) is 9.20. The van der Waals surface area contributed by atoms with Crippen LogP contribution in [0.5, 0.6) is 0 Å². The van der Waals surface area contributed by atoms with Gasteiger partial charge in [0.2, 0.25) is 11.7 Å². The van der Waals surface area contributed by atoms with Crippen molar-refractivity contribution in [2.45, 2.75) is 45.6 Å². The minimum atomic E-state index is -0.244. The summed E-state index contributed by atoms with van der Waals surface area (Å²) in [5, 5.41) is 12.1. The van der Waals surface area contributed by atoms with Gasteiger partial charge in [0.15, 0.2) is 5.65 Å². The average Bonchev–Trinajstić information content (AvgIpc) is 3.14. The molecule has 0 amide bonds. The molecule has 1 saturated heterocycles. The van der Waals surface area contributed by atoms with Crippen molar-refractivity contribution in [3.05, 3.63) is 29.5 Å². The summed E-state index contributed by atoms with van der Waals surface area (Å²) < 4.78 is 7.36. The fourth-order valence-electron chi connectivity index (χ4n) is 3.22. The van der Waals surface area contributed by atoms with Gasteiger partial charge in [0.1, 0.15) is 0 Å². The van der Waals surface area contributed by atoms with E-state index in [4.69, 9.17) is 4.52 Å². The van der Waals surface area contributed by atoms with Gasteiger partial charge in [0.05, 0.1) is 17.3 Å². The predicted octanol–water partition coefficient (Wildman–Crippen LogP) is 2.38. The molecule has 1 aliphatic rings. The molecular formula is C16H20N6O. The molecule has 1 atom stereocenters. The van der Waals surface area contributed by atoms with Gasteiger partial charge in [-0.3, -0.25) is 0 Å². The van der Waals surface area contributed by atoms with Gasteiger partial charge < -0.3 is 9.84 Å². The lowest BCUT2D eigenvalue weighted by atomic mass is 9.91. The number of nitrogens with zero attached hydrogens (tertiary/aromatic N) is 5. The third-order valence-electron chi connectivity index (χ3n) is 4.54. The molecule has 7 nitrogen and oxygen atoms in total. The molecule has 3 aromatic heterocycles. The van der Waals surface area contributed by atoms with E-state index in [0.717, 1.165) is 42.0 Å². The molecule has 0 spiro atoms. The molecule has 3 aromatic rings. The maximum Gasteiger partial charge on any atom is 0.246 e. The predicted molar refractivity (Wildman–Crippen MR) is 85.0 cm³/mol. The van der Waals surface area contributed by atoms with Crippen molar-refractivity contribution in [3.8, 4) is 11.4 Å². The zero-order chi connectivity index (χ0) is 16.0. The van der Waals surface area contributed by atoms with E-state index in [1.165, 1.54) is 6.42 Å². The van der Waals surface area contributed by atoms with Crippen LogP contribution < -0.4 is 5.32 Å². The highest BCUT2D eigenvalue weighted by atomic mass is 16.5. The highest BCUT2D eigenvalue weighted by Crippen LogP contribution is 2.30. The van der Waals surface area contributed by atoms with Crippen molar-refractivity contribution in [1.82, 2.24) is 30.1 Å². The third-order valence-corrected chi connectivity index (χ3v) is 4.54. The van der Waals surface area contributed by atoms with Gasteiger partial charge in [-0.25, -0.2) is 9.50 Å². The first kappa shape index (κ1) is 14.3. The van der Waals surface area contributed by atoms with Crippen molar-refractivity contribution < 1.29 is 4.52 Å². The Hall–Kier alpha value is -2.28. The van der Waals surface area contributed by atoms with Crippen molar-refractivity contribution in [2.75, 3.05) is 6.54 Å². The summed E-state index contributed by atoms with van der Waals surface area (Å²) in [5.41, 5.74) is 3.29. The minimum absolute atomic E-state index is 0.244.